The Labute approximate surface area is 103 Å². The van der Waals surface area contributed by atoms with Crippen LogP contribution in [0.15, 0.2) is 0 Å². The minimum Gasteiger partial charge on any atom is -0.459 e. The first-order chi connectivity index (χ1) is 7.87. The third-order valence-corrected chi connectivity index (χ3v) is 2.34. The summed E-state index contributed by atoms with van der Waals surface area (Å²) in [5, 5.41) is 3.26. The number of hydrogen-bond acceptors (Lipinski definition) is 5. The van der Waals surface area contributed by atoms with Crippen LogP contribution in [0.3, 0.4) is 0 Å². The molecule has 1 fully saturated rings. The van der Waals surface area contributed by atoms with Gasteiger partial charge in [0.15, 0.2) is 0 Å². The van der Waals surface area contributed by atoms with Gasteiger partial charge in [-0.05, 0) is 27.8 Å². The van der Waals surface area contributed by atoms with Crippen molar-refractivity contribution in [2.45, 2.75) is 32.5 Å². The normalized spacial score (nSPS) is 21.6. The van der Waals surface area contributed by atoms with E-state index < -0.39 is 5.60 Å². The van der Waals surface area contributed by atoms with Crippen LogP contribution in [-0.2, 0) is 14.3 Å². The van der Waals surface area contributed by atoms with Crippen LogP contribution in [-0.4, -0.2) is 62.4 Å². The number of nitrogens with zero attached hydrogens (tertiary/aromatic N) is 1. The first-order valence-electron chi connectivity index (χ1n) is 6.09. The molecule has 5 heteroatoms. The van der Waals surface area contributed by atoms with Gasteiger partial charge in [-0.15, -0.1) is 0 Å². The van der Waals surface area contributed by atoms with Crippen LogP contribution in [0, 0.1) is 0 Å². The number of morpholine rings is 1. The summed E-state index contributed by atoms with van der Waals surface area (Å²) in [5.74, 6) is -0.191. The molecule has 5 nitrogen and oxygen atoms in total. The average Bonchev–Trinajstić information content (AvgIpc) is 2.15. The van der Waals surface area contributed by atoms with Gasteiger partial charge in [0.25, 0.3) is 0 Å². The molecule has 0 amide bonds. The van der Waals surface area contributed by atoms with Crippen LogP contribution in [0.2, 0.25) is 0 Å². The Hall–Kier alpha value is -0.650. The highest BCUT2D eigenvalue weighted by molar-refractivity contribution is 5.72. The van der Waals surface area contributed by atoms with Crippen molar-refractivity contribution < 1.29 is 14.3 Å². The summed E-state index contributed by atoms with van der Waals surface area (Å²) < 4.78 is 10.8. The molecule has 1 N–H and O–H groups in total. The number of ether oxygens (including phenoxy) is 2. The zero-order valence-corrected chi connectivity index (χ0v) is 11.3. The van der Waals surface area contributed by atoms with Crippen molar-refractivity contribution in [3.05, 3.63) is 0 Å². The van der Waals surface area contributed by atoms with Crippen molar-refractivity contribution in [2.75, 3.05) is 39.8 Å². The van der Waals surface area contributed by atoms with Crippen LogP contribution >= 0.6 is 0 Å². The molecule has 1 saturated heterocycles. The lowest BCUT2D eigenvalue weighted by Gasteiger charge is -2.28. The topological polar surface area (TPSA) is 50.8 Å². The Morgan fingerprint density at radius 3 is 2.76 bits per heavy atom. The predicted molar refractivity (Wildman–Crippen MR) is 66.0 cm³/mol. The van der Waals surface area contributed by atoms with E-state index in [4.69, 9.17) is 9.47 Å². The first-order valence-corrected chi connectivity index (χ1v) is 6.09. The summed E-state index contributed by atoms with van der Waals surface area (Å²) in [7, 11) is 1.90. The standard InChI is InChI=1S/C12H24N2O3/c1-12(2,3)17-11(15)9-14(4)8-10-7-13-5-6-16-10/h10,13H,5-9H2,1-4H3. The molecule has 1 rings (SSSR count). The molecule has 1 unspecified atom stereocenters. The molecule has 0 radical (unpaired) electrons. The Balaban J connectivity index is 2.23. The lowest BCUT2D eigenvalue weighted by atomic mass is 10.2. The molecule has 100 valence electrons. The van der Waals surface area contributed by atoms with Crippen LogP contribution in [0.1, 0.15) is 20.8 Å². The van der Waals surface area contributed by atoms with Gasteiger partial charge in [0.2, 0.25) is 0 Å². The fourth-order valence-corrected chi connectivity index (χ4v) is 1.74. The number of hydrogen-bond donors (Lipinski definition) is 1. The minimum atomic E-state index is -0.416. The molecule has 1 aliphatic rings. The van der Waals surface area contributed by atoms with Gasteiger partial charge in [-0.25, -0.2) is 0 Å². The summed E-state index contributed by atoms with van der Waals surface area (Å²) in [6.07, 6.45) is 0.163. The number of nitrogens with one attached hydrogen (secondary N) is 1. The van der Waals surface area contributed by atoms with E-state index >= 15 is 0 Å². The summed E-state index contributed by atoms with van der Waals surface area (Å²) in [4.78, 5) is 13.5. The maximum Gasteiger partial charge on any atom is 0.320 e. The maximum absolute atomic E-state index is 11.6. The second-order valence-corrected chi connectivity index (χ2v) is 5.48. The van der Waals surface area contributed by atoms with E-state index in [0.717, 1.165) is 26.2 Å². The van der Waals surface area contributed by atoms with Crippen LogP contribution < -0.4 is 5.32 Å². The van der Waals surface area contributed by atoms with Gasteiger partial charge in [-0.3, -0.25) is 9.69 Å². The number of esters is 1. The summed E-state index contributed by atoms with van der Waals surface area (Å²) in [5.41, 5.74) is -0.416. The van der Waals surface area contributed by atoms with E-state index in [1.54, 1.807) is 0 Å². The predicted octanol–water partition coefficient (Wildman–Crippen LogP) is 0.248. The summed E-state index contributed by atoms with van der Waals surface area (Å²) in [6, 6.07) is 0. The lowest BCUT2D eigenvalue weighted by Crippen LogP contribution is -2.45. The molecular weight excluding hydrogens is 220 g/mol. The van der Waals surface area contributed by atoms with E-state index in [0.29, 0.717) is 6.54 Å². The highest BCUT2D eigenvalue weighted by Crippen LogP contribution is 2.07. The van der Waals surface area contributed by atoms with Gasteiger partial charge in [0, 0.05) is 19.6 Å². The Bertz CT molecular complexity index is 245. The highest BCUT2D eigenvalue weighted by Gasteiger charge is 2.20. The molecule has 0 spiro atoms. The van der Waals surface area contributed by atoms with Crippen molar-refractivity contribution in [3.8, 4) is 0 Å². The molecule has 0 aromatic heterocycles. The van der Waals surface area contributed by atoms with Gasteiger partial charge < -0.3 is 14.8 Å². The maximum atomic E-state index is 11.6. The third-order valence-electron chi connectivity index (χ3n) is 2.34. The first kappa shape index (κ1) is 14.4. The van der Waals surface area contributed by atoms with E-state index in [-0.39, 0.29) is 12.1 Å². The van der Waals surface area contributed by atoms with Crippen LogP contribution in [0.5, 0.6) is 0 Å². The quantitative estimate of drug-likeness (QED) is 0.718. The smallest absolute Gasteiger partial charge is 0.320 e. The number of carbonyl (C=O) groups excluding carboxylic acids is 1. The number of rotatable bonds is 4. The second kappa shape index (κ2) is 6.33. The van der Waals surface area contributed by atoms with Gasteiger partial charge >= 0.3 is 5.97 Å². The van der Waals surface area contributed by atoms with Crippen molar-refractivity contribution >= 4 is 5.97 Å². The zero-order chi connectivity index (χ0) is 12.9. The molecular formula is C12H24N2O3. The monoisotopic (exact) mass is 244 g/mol. The zero-order valence-electron chi connectivity index (χ0n) is 11.3. The van der Waals surface area contributed by atoms with E-state index in [9.17, 15) is 4.79 Å². The molecule has 0 aromatic carbocycles. The average molecular weight is 244 g/mol. The number of likely N-dealkylation sites (N-methyl/N-ethyl adjacent to an activating group) is 1. The van der Waals surface area contributed by atoms with Crippen molar-refractivity contribution in [1.82, 2.24) is 10.2 Å². The summed E-state index contributed by atoms with van der Waals surface area (Å²) in [6.45, 7) is 9.16. The molecule has 0 bridgehead atoms. The highest BCUT2D eigenvalue weighted by atomic mass is 16.6. The minimum absolute atomic E-state index is 0.163. The molecule has 1 aliphatic heterocycles. The Morgan fingerprint density at radius 2 is 2.24 bits per heavy atom. The van der Waals surface area contributed by atoms with Gasteiger partial charge in [-0.1, -0.05) is 0 Å². The Kier molecular flexibility index (Phi) is 5.36. The molecule has 1 atom stereocenters. The van der Waals surface area contributed by atoms with Crippen molar-refractivity contribution in [3.63, 3.8) is 0 Å². The number of carbonyl (C=O) groups is 1. The second-order valence-electron chi connectivity index (χ2n) is 5.48. The van der Waals surface area contributed by atoms with E-state index in [1.165, 1.54) is 0 Å². The van der Waals surface area contributed by atoms with E-state index in [2.05, 4.69) is 5.32 Å². The third kappa shape index (κ3) is 6.61. The molecule has 0 aliphatic carbocycles. The van der Waals surface area contributed by atoms with Gasteiger partial charge in [-0.2, -0.15) is 0 Å². The van der Waals surface area contributed by atoms with Gasteiger partial charge in [0.1, 0.15) is 5.60 Å². The van der Waals surface area contributed by atoms with Crippen LogP contribution in [0.4, 0.5) is 0 Å². The fourth-order valence-electron chi connectivity index (χ4n) is 1.74. The van der Waals surface area contributed by atoms with Gasteiger partial charge in [0.05, 0.1) is 19.3 Å². The lowest BCUT2D eigenvalue weighted by molar-refractivity contribution is -0.156. The fraction of sp³-hybridized carbons (Fsp3) is 0.917. The van der Waals surface area contributed by atoms with Crippen LogP contribution in [0.25, 0.3) is 0 Å². The van der Waals surface area contributed by atoms with E-state index in [1.807, 2.05) is 32.7 Å². The Morgan fingerprint density at radius 1 is 1.53 bits per heavy atom. The molecule has 1 heterocycles. The SMILES string of the molecule is CN(CC(=O)OC(C)(C)C)CC1CNCCO1. The van der Waals surface area contributed by atoms with Crippen molar-refractivity contribution in [2.24, 2.45) is 0 Å². The van der Waals surface area contributed by atoms with Crippen molar-refractivity contribution in [1.29, 1.82) is 0 Å². The molecule has 0 saturated carbocycles. The molecule has 17 heavy (non-hydrogen) atoms. The largest absolute Gasteiger partial charge is 0.459 e. The summed E-state index contributed by atoms with van der Waals surface area (Å²) >= 11 is 0. The molecule has 0 aromatic rings.